The van der Waals surface area contributed by atoms with Crippen LogP contribution in [0.25, 0.3) is 0 Å². The fraction of sp³-hybridized carbons (Fsp3) is 0.812. The van der Waals surface area contributed by atoms with Gasteiger partial charge in [0.25, 0.3) is 0 Å². The van der Waals surface area contributed by atoms with E-state index in [0.717, 1.165) is 13.0 Å². The molecule has 1 atom stereocenters. The molecular formula is C16H31N2O3S+. The number of hydrogen-bond donors (Lipinski definition) is 1. The molecule has 1 aromatic rings. The Balaban J connectivity index is 2.09. The summed E-state index contributed by atoms with van der Waals surface area (Å²) in [4.78, 5) is 0. The molecule has 0 saturated heterocycles. The Morgan fingerprint density at radius 3 is 2.18 bits per heavy atom. The molecule has 128 valence electrons. The van der Waals surface area contributed by atoms with Crippen molar-refractivity contribution in [1.29, 1.82) is 0 Å². The molecule has 0 spiro atoms. The van der Waals surface area contributed by atoms with Crippen LogP contribution in [0.15, 0.2) is 12.4 Å². The first-order chi connectivity index (χ1) is 10.6. The number of aryl methyl sites for hydroxylation is 2. The van der Waals surface area contributed by atoms with Gasteiger partial charge in [-0.3, -0.25) is 4.55 Å². The minimum absolute atomic E-state index is 0.428. The quantitative estimate of drug-likeness (QED) is 0.340. The summed E-state index contributed by atoms with van der Waals surface area (Å²) < 4.78 is 28.1. The third-order valence-electron chi connectivity index (χ3n) is 3.92. The van der Waals surface area contributed by atoms with Gasteiger partial charge in [-0.25, -0.2) is 0 Å². The molecule has 5 nitrogen and oxygen atoms in total. The fourth-order valence-corrected chi connectivity index (χ4v) is 2.96. The predicted octanol–water partition coefficient (Wildman–Crippen LogP) is 3.75. The molecule has 0 aliphatic heterocycles. The minimum atomic E-state index is -2.27. The van der Waals surface area contributed by atoms with Crippen LogP contribution < -0.4 is 8.75 Å². The summed E-state index contributed by atoms with van der Waals surface area (Å²) in [5.74, 6) is 0. The van der Waals surface area contributed by atoms with Crippen LogP contribution in [0.2, 0.25) is 0 Å². The zero-order valence-electron chi connectivity index (χ0n) is 14.0. The maximum Gasteiger partial charge on any atom is 0.471 e. The van der Waals surface area contributed by atoms with Crippen LogP contribution in [0.3, 0.4) is 0 Å². The van der Waals surface area contributed by atoms with Crippen LogP contribution in [0.5, 0.6) is 6.01 Å². The van der Waals surface area contributed by atoms with Crippen molar-refractivity contribution in [3.8, 4) is 6.01 Å². The third-order valence-corrected chi connectivity index (χ3v) is 4.21. The second kappa shape index (κ2) is 11.7. The van der Waals surface area contributed by atoms with Gasteiger partial charge in [-0.1, -0.05) is 58.3 Å². The minimum Gasteiger partial charge on any atom is -0.306 e. The van der Waals surface area contributed by atoms with Gasteiger partial charge in [0, 0.05) is 0 Å². The molecule has 1 heterocycles. The molecule has 0 bridgehead atoms. The monoisotopic (exact) mass is 331 g/mol. The molecule has 1 N–H and O–H groups in total. The number of unbranched alkanes of at least 4 members (excludes halogenated alkanes) is 9. The first-order valence-electron chi connectivity index (χ1n) is 8.49. The van der Waals surface area contributed by atoms with Crippen LogP contribution in [-0.4, -0.2) is 13.3 Å². The lowest BCUT2D eigenvalue weighted by molar-refractivity contribution is -0.674. The van der Waals surface area contributed by atoms with E-state index in [4.69, 9.17) is 8.74 Å². The standard InChI is InChI=1S/C16H30N2O3S/c1-3-4-5-6-7-8-9-10-11-12-13-18-15-14-17(2)16(18)21-22(19)20/h14-15H,3-13H2,1-2H3/p+1. The molecule has 0 aromatic carbocycles. The fourth-order valence-electron chi connectivity index (χ4n) is 2.62. The van der Waals surface area contributed by atoms with Crippen molar-refractivity contribution in [2.45, 2.75) is 77.7 Å². The van der Waals surface area contributed by atoms with E-state index in [1.807, 2.05) is 17.0 Å². The summed E-state index contributed by atoms with van der Waals surface area (Å²) in [6.07, 6.45) is 16.7. The van der Waals surface area contributed by atoms with Gasteiger partial charge in [0.1, 0.15) is 12.4 Å². The van der Waals surface area contributed by atoms with Crippen molar-refractivity contribution in [3.05, 3.63) is 12.4 Å². The van der Waals surface area contributed by atoms with E-state index in [0.29, 0.717) is 6.01 Å². The molecule has 0 aliphatic rings. The van der Waals surface area contributed by atoms with Crippen LogP contribution in [-0.2, 0) is 25.0 Å². The smallest absolute Gasteiger partial charge is 0.306 e. The van der Waals surface area contributed by atoms with E-state index in [9.17, 15) is 4.21 Å². The van der Waals surface area contributed by atoms with Gasteiger partial charge < -0.3 is 4.18 Å². The molecule has 1 rings (SSSR count). The largest absolute Gasteiger partial charge is 0.471 e. The lowest BCUT2D eigenvalue weighted by atomic mass is 10.1. The van der Waals surface area contributed by atoms with E-state index >= 15 is 0 Å². The Kier molecular flexibility index (Phi) is 10.2. The Bertz CT molecular complexity index is 435. The number of hydrogen-bond acceptors (Lipinski definition) is 2. The Hall–Kier alpha value is -0.880. The van der Waals surface area contributed by atoms with Gasteiger partial charge in [-0.2, -0.15) is 13.3 Å². The highest BCUT2D eigenvalue weighted by Crippen LogP contribution is 2.12. The highest BCUT2D eigenvalue weighted by molar-refractivity contribution is 7.74. The molecular weight excluding hydrogens is 300 g/mol. The highest BCUT2D eigenvalue weighted by Gasteiger charge is 2.18. The number of nitrogens with zero attached hydrogens (tertiary/aromatic N) is 2. The molecule has 0 saturated carbocycles. The maximum atomic E-state index is 10.8. The van der Waals surface area contributed by atoms with E-state index < -0.39 is 11.4 Å². The normalized spacial score (nSPS) is 12.5. The van der Waals surface area contributed by atoms with Gasteiger partial charge in [0.15, 0.2) is 0 Å². The first-order valence-corrected chi connectivity index (χ1v) is 9.52. The highest BCUT2D eigenvalue weighted by atomic mass is 32.2. The Labute approximate surface area is 137 Å². The van der Waals surface area contributed by atoms with E-state index in [-0.39, 0.29) is 0 Å². The zero-order chi connectivity index (χ0) is 16.2. The second-order valence-electron chi connectivity index (χ2n) is 5.87. The summed E-state index contributed by atoms with van der Waals surface area (Å²) >= 11 is -2.27. The molecule has 1 unspecified atom stereocenters. The van der Waals surface area contributed by atoms with Crippen molar-refractivity contribution in [3.63, 3.8) is 0 Å². The maximum absolute atomic E-state index is 10.8. The molecule has 1 aromatic heterocycles. The average Bonchev–Trinajstić information content (AvgIpc) is 2.81. The number of aromatic nitrogens is 2. The molecule has 0 aliphatic carbocycles. The Morgan fingerprint density at radius 1 is 1.09 bits per heavy atom. The van der Waals surface area contributed by atoms with E-state index in [2.05, 4.69) is 6.92 Å². The van der Waals surface area contributed by atoms with Crippen molar-refractivity contribution in [2.75, 3.05) is 0 Å². The Morgan fingerprint density at radius 2 is 1.64 bits per heavy atom. The summed E-state index contributed by atoms with van der Waals surface area (Å²) in [6, 6.07) is 0.428. The van der Waals surface area contributed by atoms with Crippen molar-refractivity contribution in [2.24, 2.45) is 7.05 Å². The van der Waals surface area contributed by atoms with Gasteiger partial charge in [-0.05, 0) is 12.8 Å². The van der Waals surface area contributed by atoms with Gasteiger partial charge in [-0.15, -0.1) is 0 Å². The van der Waals surface area contributed by atoms with Gasteiger partial charge >= 0.3 is 17.4 Å². The lowest BCUT2D eigenvalue weighted by Gasteiger charge is -2.03. The van der Waals surface area contributed by atoms with E-state index in [1.165, 1.54) is 57.8 Å². The summed E-state index contributed by atoms with van der Waals surface area (Å²) in [5.41, 5.74) is 0. The van der Waals surface area contributed by atoms with Crippen LogP contribution in [0, 0.1) is 0 Å². The summed E-state index contributed by atoms with van der Waals surface area (Å²) in [5, 5.41) is 0. The van der Waals surface area contributed by atoms with Crippen molar-refractivity contribution < 1.29 is 17.5 Å². The van der Waals surface area contributed by atoms with Gasteiger partial charge in [0.2, 0.25) is 0 Å². The number of rotatable bonds is 13. The molecule has 22 heavy (non-hydrogen) atoms. The average molecular weight is 332 g/mol. The summed E-state index contributed by atoms with van der Waals surface area (Å²) in [6.45, 7) is 3.07. The number of imidazole rings is 1. The van der Waals surface area contributed by atoms with Crippen LogP contribution in [0.4, 0.5) is 0 Å². The molecule has 0 amide bonds. The lowest BCUT2D eigenvalue weighted by Crippen LogP contribution is -2.29. The SMILES string of the molecule is CCCCCCCCCCCCn1cc[n+](C)c1OS(=O)O. The topological polar surface area (TPSA) is 55.3 Å². The van der Waals surface area contributed by atoms with Crippen LogP contribution in [0.1, 0.15) is 71.1 Å². The van der Waals surface area contributed by atoms with E-state index in [1.54, 1.807) is 11.6 Å². The van der Waals surface area contributed by atoms with Crippen molar-refractivity contribution >= 4 is 11.4 Å². The first kappa shape index (κ1) is 19.2. The third kappa shape index (κ3) is 7.94. The van der Waals surface area contributed by atoms with Gasteiger partial charge in [0.05, 0.1) is 13.6 Å². The second-order valence-corrected chi connectivity index (χ2v) is 6.47. The molecule has 0 fully saturated rings. The molecule has 6 heteroatoms. The van der Waals surface area contributed by atoms with Crippen molar-refractivity contribution in [1.82, 2.24) is 4.57 Å². The summed E-state index contributed by atoms with van der Waals surface area (Å²) in [7, 11) is 1.80. The zero-order valence-corrected chi connectivity index (χ0v) is 14.8. The van der Waals surface area contributed by atoms with Crippen LogP contribution >= 0.6 is 0 Å². The molecule has 0 radical (unpaired) electrons. The predicted molar refractivity (Wildman–Crippen MR) is 88.9 cm³/mol.